The average Bonchev–Trinajstić information content (AvgIpc) is 2.41. The molecule has 0 saturated carbocycles. The first-order valence-corrected chi connectivity index (χ1v) is 5.73. The van der Waals surface area contributed by atoms with E-state index in [0.29, 0.717) is 0 Å². The van der Waals surface area contributed by atoms with Crippen molar-refractivity contribution in [2.75, 3.05) is 20.2 Å². The number of ether oxygens (including phenoxy) is 1. The van der Waals surface area contributed by atoms with Crippen LogP contribution in [0.4, 0.5) is 4.39 Å². The van der Waals surface area contributed by atoms with Gasteiger partial charge in [-0.2, -0.15) is 5.26 Å². The largest absolute Gasteiger partial charge is 0.483 e. The van der Waals surface area contributed by atoms with Crippen molar-refractivity contribution in [1.29, 1.82) is 5.26 Å². The van der Waals surface area contributed by atoms with Crippen molar-refractivity contribution >= 4 is 11.9 Å². The molecule has 7 heteroatoms. The number of hydrogen-bond acceptors (Lipinski definition) is 4. The average molecular weight is 280 g/mol. The first-order chi connectivity index (χ1) is 9.47. The molecule has 1 amide bonds. The van der Waals surface area contributed by atoms with Crippen molar-refractivity contribution in [1.82, 2.24) is 4.90 Å². The van der Waals surface area contributed by atoms with Gasteiger partial charge in [0.05, 0.1) is 12.5 Å². The maximum atomic E-state index is 13.4. The van der Waals surface area contributed by atoms with E-state index >= 15 is 0 Å². The van der Waals surface area contributed by atoms with Crippen LogP contribution in [0.2, 0.25) is 0 Å². The van der Waals surface area contributed by atoms with Crippen molar-refractivity contribution in [3.63, 3.8) is 0 Å². The number of nitrogens with zero attached hydrogens (tertiary/aromatic N) is 2. The SMILES string of the molecule is CN(CCC#N)C(=O)COc1cccc(F)c1C(=O)O. The van der Waals surface area contributed by atoms with E-state index in [2.05, 4.69) is 0 Å². The number of benzene rings is 1. The first kappa shape index (κ1) is 15.4. The third-order valence-electron chi connectivity index (χ3n) is 2.53. The minimum Gasteiger partial charge on any atom is -0.483 e. The Hall–Kier alpha value is -2.62. The Labute approximate surface area is 115 Å². The van der Waals surface area contributed by atoms with Crippen LogP contribution in [0, 0.1) is 17.1 Å². The van der Waals surface area contributed by atoms with Crippen molar-refractivity contribution in [3.8, 4) is 11.8 Å². The van der Waals surface area contributed by atoms with Crippen molar-refractivity contribution in [2.24, 2.45) is 0 Å². The van der Waals surface area contributed by atoms with Crippen LogP contribution >= 0.6 is 0 Å². The Balaban J connectivity index is 2.71. The molecule has 0 radical (unpaired) electrons. The van der Waals surface area contributed by atoms with Crippen LogP contribution in [0.1, 0.15) is 16.8 Å². The Morgan fingerprint density at radius 1 is 1.50 bits per heavy atom. The van der Waals surface area contributed by atoms with Gasteiger partial charge in [0.1, 0.15) is 17.1 Å². The molecule has 0 unspecified atom stereocenters. The molecule has 0 heterocycles. The zero-order chi connectivity index (χ0) is 15.1. The molecule has 0 aliphatic heterocycles. The highest BCUT2D eigenvalue weighted by atomic mass is 19.1. The minimum atomic E-state index is -1.47. The maximum Gasteiger partial charge on any atom is 0.342 e. The summed E-state index contributed by atoms with van der Waals surface area (Å²) in [7, 11) is 1.49. The van der Waals surface area contributed by atoms with Gasteiger partial charge in [-0.1, -0.05) is 6.07 Å². The van der Waals surface area contributed by atoms with Gasteiger partial charge < -0.3 is 14.7 Å². The molecule has 0 aliphatic rings. The van der Waals surface area contributed by atoms with Crippen LogP contribution in [0.3, 0.4) is 0 Å². The molecule has 0 saturated heterocycles. The standard InChI is InChI=1S/C13H13FN2O4/c1-16(7-3-6-15)11(17)8-20-10-5-2-4-9(14)12(10)13(18)19/h2,4-5H,3,7-8H2,1H3,(H,18,19). The molecule has 0 atom stereocenters. The quantitative estimate of drug-likeness (QED) is 0.847. The molecule has 0 spiro atoms. The molecule has 1 rings (SSSR count). The second-order valence-electron chi connectivity index (χ2n) is 3.93. The van der Waals surface area contributed by atoms with Crippen molar-refractivity contribution < 1.29 is 23.8 Å². The second kappa shape index (κ2) is 7.09. The van der Waals surface area contributed by atoms with E-state index in [-0.39, 0.29) is 18.7 Å². The van der Waals surface area contributed by atoms with E-state index in [1.165, 1.54) is 24.1 Å². The minimum absolute atomic E-state index is 0.183. The summed E-state index contributed by atoms with van der Waals surface area (Å²) in [6.45, 7) is -0.181. The second-order valence-corrected chi connectivity index (χ2v) is 3.93. The summed E-state index contributed by atoms with van der Waals surface area (Å²) in [5.41, 5.74) is -0.611. The van der Waals surface area contributed by atoms with Crippen LogP contribution < -0.4 is 4.74 Å². The predicted molar refractivity (Wildman–Crippen MR) is 66.7 cm³/mol. The van der Waals surface area contributed by atoms with Crippen LogP contribution in [-0.4, -0.2) is 42.1 Å². The molecule has 0 aromatic heterocycles. The summed E-state index contributed by atoms with van der Waals surface area (Å²) in [4.78, 5) is 23.8. The Kier molecular flexibility index (Phi) is 5.47. The third-order valence-corrected chi connectivity index (χ3v) is 2.53. The van der Waals surface area contributed by atoms with Gasteiger partial charge in [-0.25, -0.2) is 9.18 Å². The third kappa shape index (κ3) is 3.95. The van der Waals surface area contributed by atoms with Crippen LogP contribution in [-0.2, 0) is 4.79 Å². The maximum absolute atomic E-state index is 13.4. The van der Waals surface area contributed by atoms with E-state index in [4.69, 9.17) is 15.1 Å². The first-order valence-electron chi connectivity index (χ1n) is 5.73. The number of carboxylic acids is 1. The molecule has 6 nitrogen and oxygen atoms in total. The fourth-order valence-corrected chi connectivity index (χ4v) is 1.42. The van der Waals surface area contributed by atoms with Gasteiger partial charge in [0.2, 0.25) is 0 Å². The molecule has 20 heavy (non-hydrogen) atoms. The lowest BCUT2D eigenvalue weighted by Gasteiger charge is -2.16. The zero-order valence-electron chi connectivity index (χ0n) is 10.8. The Bertz CT molecular complexity index is 554. The fourth-order valence-electron chi connectivity index (χ4n) is 1.42. The molecule has 0 fully saturated rings. The lowest BCUT2D eigenvalue weighted by atomic mass is 10.2. The van der Waals surface area contributed by atoms with E-state index in [0.717, 1.165) is 6.07 Å². The van der Waals surface area contributed by atoms with Crippen LogP contribution in [0.15, 0.2) is 18.2 Å². The Morgan fingerprint density at radius 2 is 2.20 bits per heavy atom. The highest BCUT2D eigenvalue weighted by molar-refractivity contribution is 5.91. The summed E-state index contributed by atoms with van der Waals surface area (Å²) in [5.74, 6) is -3.04. The van der Waals surface area contributed by atoms with Crippen molar-refractivity contribution in [2.45, 2.75) is 6.42 Å². The number of hydrogen-bond donors (Lipinski definition) is 1. The van der Waals surface area contributed by atoms with E-state index in [1.54, 1.807) is 0 Å². The molecule has 0 aliphatic carbocycles. The summed E-state index contributed by atoms with van der Waals surface area (Å²) >= 11 is 0. The lowest BCUT2D eigenvalue weighted by molar-refractivity contribution is -0.132. The van der Waals surface area contributed by atoms with Gasteiger partial charge in [-0.3, -0.25) is 4.79 Å². The van der Waals surface area contributed by atoms with Gasteiger partial charge in [-0.05, 0) is 12.1 Å². The lowest BCUT2D eigenvalue weighted by Crippen LogP contribution is -2.32. The molecule has 1 aromatic carbocycles. The predicted octanol–water partition coefficient (Wildman–Crippen LogP) is 1.27. The number of nitriles is 1. The number of carboxylic acid groups (broad SMARTS) is 1. The molecule has 0 bridgehead atoms. The Morgan fingerprint density at radius 3 is 2.80 bits per heavy atom. The van der Waals surface area contributed by atoms with Gasteiger partial charge in [-0.15, -0.1) is 0 Å². The van der Waals surface area contributed by atoms with E-state index in [9.17, 15) is 14.0 Å². The summed E-state index contributed by atoms with van der Waals surface area (Å²) in [5, 5.41) is 17.3. The van der Waals surface area contributed by atoms with Crippen LogP contribution in [0.25, 0.3) is 0 Å². The molecular weight excluding hydrogens is 267 g/mol. The number of carbonyl (C=O) groups is 2. The van der Waals surface area contributed by atoms with Gasteiger partial charge in [0, 0.05) is 13.6 Å². The summed E-state index contributed by atoms with van der Waals surface area (Å²) < 4.78 is 18.4. The van der Waals surface area contributed by atoms with Crippen LogP contribution in [0.5, 0.6) is 5.75 Å². The zero-order valence-corrected chi connectivity index (χ0v) is 10.8. The summed E-state index contributed by atoms with van der Waals surface area (Å²) in [6.07, 6.45) is 0.183. The van der Waals surface area contributed by atoms with Gasteiger partial charge >= 0.3 is 5.97 Å². The van der Waals surface area contributed by atoms with Gasteiger partial charge in [0.25, 0.3) is 5.91 Å². The number of halogens is 1. The van der Waals surface area contributed by atoms with E-state index < -0.39 is 29.9 Å². The number of aromatic carboxylic acids is 1. The normalized spacial score (nSPS) is 9.65. The molecular formula is C13H13FN2O4. The van der Waals surface area contributed by atoms with Gasteiger partial charge in [0.15, 0.2) is 6.61 Å². The molecule has 1 N–H and O–H groups in total. The summed E-state index contributed by atoms with van der Waals surface area (Å²) in [6, 6.07) is 5.46. The number of carbonyl (C=O) groups excluding carboxylic acids is 1. The number of rotatable bonds is 6. The monoisotopic (exact) mass is 280 g/mol. The molecule has 106 valence electrons. The molecule has 1 aromatic rings. The highest BCUT2D eigenvalue weighted by Crippen LogP contribution is 2.21. The fraction of sp³-hybridized carbons (Fsp3) is 0.308. The van der Waals surface area contributed by atoms with Crippen molar-refractivity contribution in [3.05, 3.63) is 29.6 Å². The highest BCUT2D eigenvalue weighted by Gasteiger charge is 2.18. The topological polar surface area (TPSA) is 90.6 Å². The smallest absolute Gasteiger partial charge is 0.342 e. The number of likely N-dealkylation sites (N-methyl/N-ethyl adjacent to an activating group) is 1. The number of amides is 1. The van der Waals surface area contributed by atoms with E-state index in [1.807, 2.05) is 6.07 Å².